The molecule has 0 spiro atoms. The molecule has 0 aromatic carbocycles. The Morgan fingerprint density at radius 1 is 0.500 bits per heavy atom. The summed E-state index contributed by atoms with van der Waals surface area (Å²) in [6, 6.07) is 0. The van der Waals surface area contributed by atoms with Crippen molar-refractivity contribution < 1.29 is 0 Å². The Kier molecular flexibility index (Phi) is 16.0. The van der Waals surface area contributed by atoms with Crippen LogP contribution >= 0.6 is 0 Å². The van der Waals surface area contributed by atoms with Crippen molar-refractivity contribution in [2.45, 2.75) is 90.9 Å². The van der Waals surface area contributed by atoms with Gasteiger partial charge in [0.25, 0.3) is 0 Å². The van der Waals surface area contributed by atoms with Crippen LogP contribution in [-0.4, -0.2) is 0 Å². The summed E-state index contributed by atoms with van der Waals surface area (Å²) in [5.74, 6) is 0. The highest BCUT2D eigenvalue weighted by atomic mass is 14.0. The van der Waals surface area contributed by atoms with Crippen LogP contribution in [-0.2, 0) is 0 Å². The maximum Gasteiger partial charge on any atom is -0.0169 e. The van der Waals surface area contributed by atoms with Crippen LogP contribution in [0.15, 0.2) is 24.3 Å². The monoisotopic (exact) mass is 250 g/mol. The lowest BCUT2D eigenvalue weighted by Crippen LogP contribution is -1.79. The van der Waals surface area contributed by atoms with Crippen molar-refractivity contribution in [2.75, 3.05) is 0 Å². The minimum atomic E-state index is 1.12. The Morgan fingerprint density at radius 2 is 1.06 bits per heavy atom. The normalized spacial score (nSPS) is 11.9. The average Bonchev–Trinajstić information content (AvgIpc) is 2.39. The molecule has 18 heavy (non-hydrogen) atoms. The first-order valence-electron chi connectivity index (χ1n) is 8.21. The van der Waals surface area contributed by atoms with Gasteiger partial charge in [0.15, 0.2) is 0 Å². The van der Waals surface area contributed by atoms with Gasteiger partial charge in [-0.05, 0) is 25.7 Å². The fourth-order valence-corrected chi connectivity index (χ4v) is 2.07. The summed E-state index contributed by atoms with van der Waals surface area (Å²) >= 11 is 0. The predicted molar refractivity (Wildman–Crippen MR) is 85.0 cm³/mol. The molecule has 106 valence electrons. The first kappa shape index (κ1) is 17.5. The van der Waals surface area contributed by atoms with Gasteiger partial charge in [0.05, 0.1) is 0 Å². The standard InChI is InChI=1S/C18H34/c1-3-5-7-9-11-13-15-17-18-16-14-12-10-8-6-4-2/h7,9,13,15H,3-6,8,10-12,14,16-18H2,1-2H3. The van der Waals surface area contributed by atoms with Gasteiger partial charge in [-0.1, -0.05) is 89.5 Å². The summed E-state index contributed by atoms with van der Waals surface area (Å²) in [6.45, 7) is 4.51. The van der Waals surface area contributed by atoms with E-state index in [1.807, 2.05) is 0 Å². The SMILES string of the molecule is CCCC=CCC=CCCCCCCCCCC. The molecule has 0 aliphatic rings. The zero-order valence-corrected chi connectivity index (χ0v) is 12.8. The topological polar surface area (TPSA) is 0 Å². The molecule has 0 heteroatoms. The summed E-state index contributed by atoms with van der Waals surface area (Å²) in [5.41, 5.74) is 0. The van der Waals surface area contributed by atoms with E-state index in [4.69, 9.17) is 0 Å². The zero-order valence-electron chi connectivity index (χ0n) is 12.8. The zero-order chi connectivity index (χ0) is 13.3. The first-order valence-corrected chi connectivity index (χ1v) is 8.21. The van der Waals surface area contributed by atoms with Crippen LogP contribution in [0.3, 0.4) is 0 Å². The van der Waals surface area contributed by atoms with Crippen molar-refractivity contribution in [3.63, 3.8) is 0 Å². The largest absolute Gasteiger partial charge is 0.0882 e. The second kappa shape index (κ2) is 16.5. The third-order valence-electron chi connectivity index (χ3n) is 3.29. The van der Waals surface area contributed by atoms with Crippen LogP contribution in [0.4, 0.5) is 0 Å². The van der Waals surface area contributed by atoms with Crippen molar-refractivity contribution in [1.29, 1.82) is 0 Å². The maximum atomic E-state index is 2.35. The fourth-order valence-electron chi connectivity index (χ4n) is 2.07. The smallest absolute Gasteiger partial charge is 0.0169 e. The molecule has 0 atom stereocenters. The van der Waals surface area contributed by atoms with E-state index in [2.05, 4.69) is 38.2 Å². The molecule has 0 radical (unpaired) electrons. The Balaban J connectivity index is 3.08. The van der Waals surface area contributed by atoms with E-state index in [-0.39, 0.29) is 0 Å². The van der Waals surface area contributed by atoms with Gasteiger partial charge < -0.3 is 0 Å². The highest BCUT2D eigenvalue weighted by Crippen LogP contribution is 2.09. The van der Waals surface area contributed by atoms with Gasteiger partial charge in [-0.3, -0.25) is 0 Å². The molecule has 0 heterocycles. The maximum absolute atomic E-state index is 2.35. The Morgan fingerprint density at radius 3 is 1.67 bits per heavy atom. The lowest BCUT2D eigenvalue weighted by Gasteiger charge is -1.99. The Bertz CT molecular complexity index is 188. The molecule has 0 amide bonds. The molecule has 0 aromatic heterocycles. The molecule has 0 nitrogen and oxygen atoms in total. The lowest BCUT2D eigenvalue weighted by atomic mass is 10.1. The summed E-state index contributed by atoms with van der Waals surface area (Å²) in [6.07, 6.45) is 25.5. The van der Waals surface area contributed by atoms with Crippen LogP contribution in [0, 0.1) is 0 Å². The molecular formula is C18H34. The van der Waals surface area contributed by atoms with E-state index < -0.39 is 0 Å². The highest BCUT2D eigenvalue weighted by molar-refractivity contribution is 4.92. The van der Waals surface area contributed by atoms with Crippen molar-refractivity contribution in [3.8, 4) is 0 Å². The van der Waals surface area contributed by atoms with Gasteiger partial charge in [-0.2, -0.15) is 0 Å². The minimum Gasteiger partial charge on any atom is -0.0882 e. The van der Waals surface area contributed by atoms with E-state index in [1.54, 1.807) is 0 Å². The number of hydrogen-bond donors (Lipinski definition) is 0. The van der Waals surface area contributed by atoms with Crippen LogP contribution in [0.1, 0.15) is 90.9 Å². The van der Waals surface area contributed by atoms with E-state index >= 15 is 0 Å². The molecule has 0 saturated heterocycles. The van der Waals surface area contributed by atoms with E-state index in [0.29, 0.717) is 0 Å². The fraction of sp³-hybridized carbons (Fsp3) is 0.778. The van der Waals surface area contributed by atoms with Gasteiger partial charge in [0.1, 0.15) is 0 Å². The predicted octanol–water partition coefficient (Wildman–Crippen LogP) is 6.82. The number of hydrogen-bond acceptors (Lipinski definition) is 0. The minimum absolute atomic E-state index is 1.12. The van der Waals surface area contributed by atoms with Gasteiger partial charge >= 0.3 is 0 Å². The highest BCUT2D eigenvalue weighted by Gasteiger charge is 1.90. The summed E-state index contributed by atoms with van der Waals surface area (Å²) in [7, 11) is 0. The van der Waals surface area contributed by atoms with Gasteiger partial charge in [0, 0.05) is 0 Å². The van der Waals surface area contributed by atoms with Crippen LogP contribution in [0.25, 0.3) is 0 Å². The molecule has 0 aliphatic carbocycles. The third kappa shape index (κ3) is 15.5. The van der Waals surface area contributed by atoms with Crippen LogP contribution in [0.5, 0.6) is 0 Å². The molecule has 0 unspecified atom stereocenters. The molecular weight excluding hydrogens is 216 g/mol. The van der Waals surface area contributed by atoms with Crippen molar-refractivity contribution in [2.24, 2.45) is 0 Å². The van der Waals surface area contributed by atoms with Crippen molar-refractivity contribution in [1.82, 2.24) is 0 Å². The number of rotatable bonds is 13. The van der Waals surface area contributed by atoms with Crippen molar-refractivity contribution >= 4 is 0 Å². The quantitative estimate of drug-likeness (QED) is 0.248. The summed E-state index contributed by atoms with van der Waals surface area (Å²) in [4.78, 5) is 0. The van der Waals surface area contributed by atoms with Gasteiger partial charge in [-0.25, -0.2) is 0 Å². The summed E-state index contributed by atoms with van der Waals surface area (Å²) in [5, 5.41) is 0. The molecule has 0 bridgehead atoms. The Hall–Kier alpha value is -0.520. The van der Waals surface area contributed by atoms with Crippen molar-refractivity contribution in [3.05, 3.63) is 24.3 Å². The summed E-state index contributed by atoms with van der Waals surface area (Å²) < 4.78 is 0. The average molecular weight is 250 g/mol. The van der Waals surface area contributed by atoms with Gasteiger partial charge in [0.2, 0.25) is 0 Å². The first-order chi connectivity index (χ1) is 8.91. The molecule has 0 N–H and O–H groups in total. The lowest BCUT2D eigenvalue weighted by molar-refractivity contribution is 0.577. The van der Waals surface area contributed by atoms with Crippen LogP contribution < -0.4 is 0 Å². The second-order valence-corrected chi connectivity index (χ2v) is 5.23. The van der Waals surface area contributed by atoms with E-state index in [0.717, 1.165) is 6.42 Å². The molecule has 0 saturated carbocycles. The molecule has 0 aliphatic heterocycles. The Labute approximate surface area is 116 Å². The number of allylic oxidation sites excluding steroid dienone is 4. The van der Waals surface area contributed by atoms with Gasteiger partial charge in [-0.15, -0.1) is 0 Å². The molecule has 0 fully saturated rings. The molecule has 0 aromatic rings. The third-order valence-corrected chi connectivity index (χ3v) is 3.29. The molecule has 0 rings (SSSR count). The second-order valence-electron chi connectivity index (χ2n) is 5.23. The van der Waals surface area contributed by atoms with Crippen LogP contribution in [0.2, 0.25) is 0 Å². The number of unbranched alkanes of at least 4 members (excludes halogenated alkanes) is 9. The van der Waals surface area contributed by atoms with E-state index in [1.165, 1.54) is 70.6 Å². The van der Waals surface area contributed by atoms with E-state index in [9.17, 15) is 0 Å².